The number of thiophene rings is 1. The molecule has 7 nitrogen and oxygen atoms in total. The van der Waals surface area contributed by atoms with Crippen molar-refractivity contribution in [2.24, 2.45) is 0 Å². The fourth-order valence-electron chi connectivity index (χ4n) is 2.40. The van der Waals surface area contributed by atoms with Gasteiger partial charge >= 0.3 is 5.97 Å². The first-order valence-corrected chi connectivity index (χ1v) is 9.16. The Morgan fingerprint density at radius 3 is 2.29 bits per heavy atom. The van der Waals surface area contributed by atoms with Crippen LogP contribution in [0.15, 0.2) is 30.3 Å². The van der Waals surface area contributed by atoms with Gasteiger partial charge in [0.05, 0.1) is 24.7 Å². The predicted molar refractivity (Wildman–Crippen MR) is 109 cm³/mol. The average Bonchev–Trinajstić information content (AvgIpc) is 3.01. The van der Waals surface area contributed by atoms with Gasteiger partial charge in [-0.05, 0) is 36.3 Å². The van der Waals surface area contributed by atoms with E-state index in [-0.39, 0.29) is 16.5 Å². The number of hydrogen-bond acceptors (Lipinski definition) is 6. The largest absolute Gasteiger partial charge is 0.497 e. The minimum atomic E-state index is -0.610. The predicted octanol–water partition coefficient (Wildman–Crippen LogP) is 3.21. The first kappa shape index (κ1) is 21.2. The second kappa shape index (κ2) is 9.18. The highest BCUT2D eigenvalue weighted by molar-refractivity contribution is 7.18. The molecule has 0 spiro atoms. The Morgan fingerprint density at radius 1 is 1.11 bits per heavy atom. The van der Waals surface area contributed by atoms with E-state index in [1.807, 2.05) is 12.1 Å². The number of rotatable bonds is 6. The zero-order chi connectivity index (χ0) is 20.8. The summed E-state index contributed by atoms with van der Waals surface area (Å²) in [7, 11) is 6.07. The number of hydrogen-bond donors (Lipinski definition) is 1. The maximum absolute atomic E-state index is 12.3. The third-order valence-corrected chi connectivity index (χ3v) is 5.11. The second-order valence-corrected chi connectivity index (χ2v) is 7.07. The van der Waals surface area contributed by atoms with E-state index in [1.54, 1.807) is 46.3 Å². The van der Waals surface area contributed by atoms with Crippen LogP contribution in [-0.2, 0) is 9.53 Å². The maximum atomic E-state index is 12.3. The fraction of sp³-hybridized carbons (Fsp3) is 0.250. The van der Waals surface area contributed by atoms with Crippen LogP contribution in [0.5, 0.6) is 5.75 Å². The van der Waals surface area contributed by atoms with Crippen molar-refractivity contribution in [1.82, 2.24) is 4.90 Å². The summed E-state index contributed by atoms with van der Waals surface area (Å²) in [4.78, 5) is 38.6. The summed E-state index contributed by atoms with van der Waals surface area (Å²) in [5.41, 5.74) is 1.48. The van der Waals surface area contributed by atoms with Crippen molar-refractivity contribution in [2.45, 2.75) is 6.92 Å². The molecular weight excluding hydrogens is 380 g/mol. The van der Waals surface area contributed by atoms with Gasteiger partial charge in [-0.15, -0.1) is 11.3 Å². The number of amides is 2. The lowest BCUT2D eigenvalue weighted by molar-refractivity contribution is -0.111. The molecule has 0 aliphatic rings. The minimum Gasteiger partial charge on any atom is -0.497 e. The molecule has 0 bridgehead atoms. The van der Waals surface area contributed by atoms with Crippen molar-refractivity contribution < 1.29 is 23.9 Å². The first-order valence-electron chi connectivity index (χ1n) is 8.35. The first-order chi connectivity index (χ1) is 13.3. The molecule has 1 aromatic heterocycles. The zero-order valence-electron chi connectivity index (χ0n) is 16.4. The molecule has 2 aromatic rings. The van der Waals surface area contributed by atoms with Crippen molar-refractivity contribution in [1.29, 1.82) is 0 Å². The van der Waals surface area contributed by atoms with Gasteiger partial charge in [-0.2, -0.15) is 0 Å². The molecule has 0 aliphatic heterocycles. The molecule has 28 heavy (non-hydrogen) atoms. The standard InChI is InChI=1S/C20H22N2O5S/c1-12-16(20(25)27-5)18(28-17(12)19(24)22(2)3)21-15(23)11-8-13-6-9-14(26-4)10-7-13/h6-11H,1-5H3,(H,21,23). The molecular formula is C20H22N2O5S. The van der Waals surface area contributed by atoms with Gasteiger partial charge in [0.1, 0.15) is 10.8 Å². The van der Waals surface area contributed by atoms with E-state index in [1.165, 1.54) is 18.1 Å². The monoisotopic (exact) mass is 402 g/mol. The number of carbonyl (C=O) groups is 3. The average molecular weight is 402 g/mol. The molecule has 148 valence electrons. The van der Waals surface area contributed by atoms with Gasteiger partial charge in [0.2, 0.25) is 5.91 Å². The van der Waals surface area contributed by atoms with Gasteiger partial charge in [0.25, 0.3) is 5.91 Å². The van der Waals surface area contributed by atoms with Crippen molar-refractivity contribution in [2.75, 3.05) is 33.6 Å². The minimum absolute atomic E-state index is 0.184. The van der Waals surface area contributed by atoms with Crippen LogP contribution in [0.4, 0.5) is 5.00 Å². The lowest BCUT2D eigenvalue weighted by atomic mass is 10.1. The van der Waals surface area contributed by atoms with Crippen LogP contribution in [0, 0.1) is 6.92 Å². The molecule has 2 amide bonds. The number of nitrogens with one attached hydrogen (secondary N) is 1. The number of carbonyl (C=O) groups excluding carboxylic acids is 3. The van der Waals surface area contributed by atoms with Crippen LogP contribution in [0.2, 0.25) is 0 Å². The molecule has 1 heterocycles. The third-order valence-electron chi connectivity index (χ3n) is 3.92. The summed E-state index contributed by atoms with van der Waals surface area (Å²) < 4.78 is 9.90. The Kier molecular flexibility index (Phi) is 6.94. The molecule has 1 aromatic carbocycles. The molecule has 0 atom stereocenters. The highest BCUT2D eigenvalue weighted by atomic mass is 32.1. The summed E-state index contributed by atoms with van der Waals surface area (Å²) in [6, 6.07) is 7.20. The van der Waals surface area contributed by atoms with E-state index in [0.717, 1.165) is 22.6 Å². The van der Waals surface area contributed by atoms with E-state index in [0.29, 0.717) is 10.4 Å². The Bertz CT molecular complexity index is 913. The number of methoxy groups -OCH3 is 2. The molecule has 0 unspecified atom stereocenters. The van der Waals surface area contributed by atoms with Crippen LogP contribution >= 0.6 is 11.3 Å². The highest BCUT2D eigenvalue weighted by Crippen LogP contribution is 2.34. The Morgan fingerprint density at radius 2 is 1.75 bits per heavy atom. The van der Waals surface area contributed by atoms with Crippen molar-refractivity contribution in [3.63, 3.8) is 0 Å². The maximum Gasteiger partial charge on any atom is 0.341 e. The number of esters is 1. The summed E-state index contributed by atoms with van der Waals surface area (Å²) in [5.74, 6) is -0.564. The van der Waals surface area contributed by atoms with Crippen LogP contribution in [-0.4, -0.2) is 51.0 Å². The molecule has 0 saturated carbocycles. The molecule has 8 heteroatoms. The quantitative estimate of drug-likeness (QED) is 0.592. The summed E-state index contributed by atoms with van der Waals surface area (Å²) >= 11 is 1.05. The normalized spacial score (nSPS) is 10.6. The smallest absolute Gasteiger partial charge is 0.341 e. The Balaban J connectivity index is 2.26. The van der Waals surface area contributed by atoms with Gasteiger partial charge in [-0.1, -0.05) is 12.1 Å². The highest BCUT2D eigenvalue weighted by Gasteiger charge is 2.26. The zero-order valence-corrected chi connectivity index (χ0v) is 17.2. The van der Waals surface area contributed by atoms with Crippen molar-refractivity contribution >= 4 is 40.2 Å². The Hall–Kier alpha value is -3.13. The van der Waals surface area contributed by atoms with Crippen LogP contribution in [0.25, 0.3) is 6.08 Å². The number of anilines is 1. The van der Waals surface area contributed by atoms with Gasteiger partial charge in [-0.3, -0.25) is 9.59 Å². The van der Waals surface area contributed by atoms with Gasteiger partial charge in [0.15, 0.2) is 0 Å². The molecule has 0 aliphatic carbocycles. The lowest BCUT2D eigenvalue weighted by Crippen LogP contribution is -2.21. The second-order valence-electron chi connectivity index (χ2n) is 6.05. The van der Waals surface area contributed by atoms with E-state index in [4.69, 9.17) is 9.47 Å². The van der Waals surface area contributed by atoms with E-state index < -0.39 is 11.9 Å². The van der Waals surface area contributed by atoms with Gasteiger partial charge < -0.3 is 19.7 Å². The molecule has 0 saturated heterocycles. The fourth-order valence-corrected chi connectivity index (χ4v) is 3.62. The van der Waals surface area contributed by atoms with Gasteiger partial charge in [-0.25, -0.2) is 4.79 Å². The van der Waals surface area contributed by atoms with Crippen molar-refractivity contribution in [3.05, 3.63) is 51.9 Å². The summed E-state index contributed by atoms with van der Waals surface area (Å²) in [5, 5.41) is 2.95. The summed E-state index contributed by atoms with van der Waals surface area (Å²) in [6.07, 6.45) is 2.99. The lowest BCUT2D eigenvalue weighted by Gasteiger charge is -2.08. The van der Waals surface area contributed by atoms with E-state index in [2.05, 4.69) is 5.32 Å². The van der Waals surface area contributed by atoms with Crippen LogP contribution in [0.1, 0.15) is 31.2 Å². The van der Waals surface area contributed by atoms with E-state index >= 15 is 0 Å². The number of ether oxygens (including phenoxy) is 2. The third kappa shape index (κ3) is 4.77. The van der Waals surface area contributed by atoms with Gasteiger partial charge in [0, 0.05) is 20.2 Å². The Labute approximate surface area is 167 Å². The van der Waals surface area contributed by atoms with Crippen LogP contribution < -0.4 is 10.1 Å². The topological polar surface area (TPSA) is 84.9 Å². The van der Waals surface area contributed by atoms with Crippen molar-refractivity contribution in [3.8, 4) is 5.75 Å². The molecule has 2 rings (SSSR count). The molecule has 1 N–H and O–H groups in total. The molecule has 0 fully saturated rings. The summed E-state index contributed by atoms with van der Waals surface area (Å²) in [6.45, 7) is 1.66. The SMILES string of the molecule is COC(=O)c1c(NC(=O)C=Cc2ccc(OC)cc2)sc(C(=O)N(C)C)c1C. The van der Waals surface area contributed by atoms with Crippen LogP contribution in [0.3, 0.4) is 0 Å². The number of benzene rings is 1. The molecule has 0 radical (unpaired) electrons. The van der Waals surface area contributed by atoms with E-state index in [9.17, 15) is 14.4 Å². The number of nitrogens with zero attached hydrogens (tertiary/aromatic N) is 1.